The highest BCUT2D eigenvalue weighted by atomic mass is 35.5. The van der Waals surface area contributed by atoms with Crippen LogP contribution in [0.15, 0.2) is 35.9 Å². The van der Waals surface area contributed by atoms with Gasteiger partial charge in [-0.15, -0.1) is 6.42 Å². The van der Waals surface area contributed by atoms with Crippen LogP contribution in [0.5, 0.6) is 23.0 Å². The maximum atomic E-state index is 12.7. The molecule has 0 aliphatic heterocycles. The second kappa shape index (κ2) is 10.7. The number of amides is 1. The van der Waals surface area contributed by atoms with Crippen molar-refractivity contribution in [2.75, 3.05) is 33.3 Å². The predicted molar refractivity (Wildman–Crippen MR) is 114 cm³/mol. The molecule has 2 aromatic rings. The van der Waals surface area contributed by atoms with Gasteiger partial charge < -0.3 is 24.3 Å². The molecule has 8 heteroatoms. The van der Waals surface area contributed by atoms with Crippen LogP contribution in [0.4, 0.5) is 5.69 Å². The summed E-state index contributed by atoms with van der Waals surface area (Å²) in [5, 5.41) is 12.4. The van der Waals surface area contributed by atoms with Crippen molar-refractivity contribution in [1.29, 1.82) is 5.26 Å². The van der Waals surface area contributed by atoms with Crippen LogP contribution in [0.1, 0.15) is 5.56 Å². The summed E-state index contributed by atoms with van der Waals surface area (Å²) in [7, 11) is 4.36. The Hall–Kier alpha value is -3.81. The number of carbonyl (C=O) groups excluding carboxylic acids is 1. The molecular formula is C22H19ClN2O5. The number of nitrogens with zero attached hydrogens (tertiary/aromatic N) is 1. The Labute approximate surface area is 179 Å². The molecule has 1 amide bonds. The molecule has 1 N–H and O–H groups in total. The lowest BCUT2D eigenvalue weighted by atomic mass is 10.1. The van der Waals surface area contributed by atoms with Gasteiger partial charge in [0.1, 0.15) is 29.7 Å². The Bertz CT molecular complexity index is 1050. The van der Waals surface area contributed by atoms with Crippen LogP contribution in [0.3, 0.4) is 0 Å². The molecule has 0 unspecified atom stereocenters. The molecular weight excluding hydrogens is 408 g/mol. The van der Waals surface area contributed by atoms with E-state index in [0.717, 1.165) is 0 Å². The first-order valence-electron chi connectivity index (χ1n) is 8.56. The number of ether oxygens (including phenoxy) is 4. The van der Waals surface area contributed by atoms with E-state index in [9.17, 15) is 10.1 Å². The third-order valence-electron chi connectivity index (χ3n) is 3.90. The summed E-state index contributed by atoms with van der Waals surface area (Å²) in [4.78, 5) is 12.7. The number of halogens is 1. The van der Waals surface area contributed by atoms with Crippen LogP contribution in [-0.4, -0.2) is 33.8 Å². The van der Waals surface area contributed by atoms with Gasteiger partial charge in [-0.3, -0.25) is 4.79 Å². The number of rotatable bonds is 8. The van der Waals surface area contributed by atoms with Gasteiger partial charge in [-0.05, 0) is 23.8 Å². The molecule has 0 saturated carbocycles. The first kappa shape index (κ1) is 22.5. The summed E-state index contributed by atoms with van der Waals surface area (Å²) >= 11 is 6.07. The van der Waals surface area contributed by atoms with Crippen molar-refractivity contribution < 1.29 is 23.7 Å². The fourth-order valence-corrected chi connectivity index (χ4v) is 2.71. The lowest BCUT2D eigenvalue weighted by molar-refractivity contribution is -0.112. The van der Waals surface area contributed by atoms with Crippen molar-refractivity contribution in [2.24, 2.45) is 0 Å². The second-order valence-electron chi connectivity index (χ2n) is 5.71. The molecule has 0 atom stereocenters. The van der Waals surface area contributed by atoms with Gasteiger partial charge in [-0.1, -0.05) is 23.6 Å². The van der Waals surface area contributed by atoms with Gasteiger partial charge in [0.2, 0.25) is 0 Å². The lowest BCUT2D eigenvalue weighted by Gasteiger charge is -2.13. The van der Waals surface area contributed by atoms with E-state index in [2.05, 4.69) is 11.2 Å². The van der Waals surface area contributed by atoms with Crippen LogP contribution in [0.25, 0.3) is 6.08 Å². The number of terminal acetylenes is 1. The fraction of sp³-hybridized carbons (Fsp3) is 0.182. The first-order valence-corrected chi connectivity index (χ1v) is 8.94. The Morgan fingerprint density at radius 2 is 1.80 bits per heavy atom. The molecule has 2 rings (SSSR count). The zero-order valence-corrected chi connectivity index (χ0v) is 17.4. The van der Waals surface area contributed by atoms with E-state index in [1.807, 2.05) is 6.07 Å². The van der Waals surface area contributed by atoms with Crippen molar-refractivity contribution in [3.63, 3.8) is 0 Å². The van der Waals surface area contributed by atoms with Crippen molar-refractivity contribution in [3.05, 3.63) is 46.5 Å². The summed E-state index contributed by atoms with van der Waals surface area (Å²) in [5.74, 6) is 3.28. The minimum absolute atomic E-state index is 0.0871. The van der Waals surface area contributed by atoms with E-state index in [4.69, 9.17) is 37.0 Å². The molecule has 30 heavy (non-hydrogen) atoms. The number of hydrogen-bond acceptors (Lipinski definition) is 6. The lowest BCUT2D eigenvalue weighted by Crippen LogP contribution is -2.14. The topological polar surface area (TPSA) is 89.8 Å². The van der Waals surface area contributed by atoms with E-state index in [0.29, 0.717) is 39.3 Å². The molecule has 0 bridgehead atoms. The van der Waals surface area contributed by atoms with Gasteiger partial charge in [0, 0.05) is 12.1 Å². The number of carbonyl (C=O) groups is 1. The normalized spacial score (nSPS) is 10.4. The van der Waals surface area contributed by atoms with Crippen molar-refractivity contribution in [2.45, 2.75) is 0 Å². The van der Waals surface area contributed by atoms with Crippen molar-refractivity contribution in [3.8, 4) is 41.4 Å². The molecule has 0 radical (unpaired) electrons. The highest BCUT2D eigenvalue weighted by molar-refractivity contribution is 6.32. The number of hydrogen-bond donors (Lipinski definition) is 1. The van der Waals surface area contributed by atoms with Gasteiger partial charge >= 0.3 is 0 Å². The Morgan fingerprint density at radius 1 is 1.10 bits per heavy atom. The molecule has 0 spiro atoms. The van der Waals surface area contributed by atoms with E-state index < -0.39 is 5.91 Å². The van der Waals surface area contributed by atoms with Crippen molar-refractivity contribution >= 4 is 29.3 Å². The average Bonchev–Trinajstić information content (AvgIpc) is 2.76. The number of benzene rings is 2. The van der Waals surface area contributed by atoms with E-state index in [-0.39, 0.29) is 12.2 Å². The van der Waals surface area contributed by atoms with Crippen LogP contribution in [-0.2, 0) is 4.79 Å². The average molecular weight is 427 g/mol. The van der Waals surface area contributed by atoms with Crippen molar-refractivity contribution in [1.82, 2.24) is 0 Å². The zero-order chi connectivity index (χ0) is 22.1. The van der Waals surface area contributed by atoms with Gasteiger partial charge in [0.05, 0.1) is 32.0 Å². The van der Waals surface area contributed by atoms with Gasteiger partial charge in [0.15, 0.2) is 11.5 Å². The molecule has 0 heterocycles. The molecule has 0 aromatic heterocycles. The maximum Gasteiger partial charge on any atom is 0.266 e. The number of anilines is 1. The van der Waals surface area contributed by atoms with Gasteiger partial charge in [-0.25, -0.2) is 0 Å². The van der Waals surface area contributed by atoms with Crippen LogP contribution < -0.4 is 24.3 Å². The van der Waals surface area contributed by atoms with Crippen LogP contribution in [0, 0.1) is 23.7 Å². The summed E-state index contributed by atoms with van der Waals surface area (Å²) in [6.07, 6.45) is 6.61. The molecule has 0 aliphatic rings. The molecule has 0 saturated heterocycles. The third kappa shape index (κ3) is 5.38. The van der Waals surface area contributed by atoms with E-state index >= 15 is 0 Å². The molecule has 0 aliphatic carbocycles. The fourth-order valence-electron chi connectivity index (χ4n) is 2.48. The molecule has 0 fully saturated rings. The van der Waals surface area contributed by atoms with Gasteiger partial charge in [-0.2, -0.15) is 5.26 Å². The molecule has 2 aromatic carbocycles. The van der Waals surface area contributed by atoms with Crippen LogP contribution >= 0.6 is 11.6 Å². The SMILES string of the molecule is C#CCOc1ccc(/C=C(\C#N)C(=O)Nc2cc(OC)c(Cl)cc2OC)cc1OC. The minimum atomic E-state index is -0.633. The summed E-state index contributed by atoms with van der Waals surface area (Å²) in [6, 6.07) is 9.84. The first-order chi connectivity index (χ1) is 14.5. The standard InChI is InChI=1S/C22H19ClN2O5/c1-5-8-30-18-7-6-14(10-21(18)29-4)9-15(13-24)22(26)25-17-12-19(27-2)16(23)11-20(17)28-3/h1,6-7,9-12H,8H2,2-4H3,(H,25,26)/b15-9+. The smallest absolute Gasteiger partial charge is 0.266 e. The highest BCUT2D eigenvalue weighted by Gasteiger charge is 2.16. The highest BCUT2D eigenvalue weighted by Crippen LogP contribution is 2.36. The Balaban J connectivity index is 2.32. The largest absolute Gasteiger partial charge is 0.495 e. The predicted octanol–water partition coefficient (Wildman–Crippen LogP) is 3.92. The van der Waals surface area contributed by atoms with E-state index in [1.165, 1.54) is 39.5 Å². The van der Waals surface area contributed by atoms with Gasteiger partial charge in [0.25, 0.3) is 5.91 Å². The summed E-state index contributed by atoms with van der Waals surface area (Å²) in [5.41, 5.74) is 0.734. The number of nitrogens with one attached hydrogen (secondary N) is 1. The number of nitriles is 1. The zero-order valence-electron chi connectivity index (χ0n) is 16.6. The summed E-state index contributed by atoms with van der Waals surface area (Å²) < 4.78 is 21.0. The number of methoxy groups -OCH3 is 3. The third-order valence-corrected chi connectivity index (χ3v) is 4.19. The Morgan fingerprint density at radius 3 is 2.40 bits per heavy atom. The monoisotopic (exact) mass is 426 g/mol. The Kier molecular flexibility index (Phi) is 7.99. The van der Waals surface area contributed by atoms with Crippen LogP contribution in [0.2, 0.25) is 5.02 Å². The quantitative estimate of drug-likeness (QED) is 0.391. The minimum Gasteiger partial charge on any atom is -0.495 e. The molecule has 154 valence electrons. The summed E-state index contributed by atoms with van der Waals surface area (Å²) in [6.45, 7) is 0.0871. The van der Waals surface area contributed by atoms with E-state index in [1.54, 1.807) is 18.2 Å². The second-order valence-corrected chi connectivity index (χ2v) is 6.12. The molecule has 7 nitrogen and oxygen atoms in total. The maximum absolute atomic E-state index is 12.7.